The summed E-state index contributed by atoms with van der Waals surface area (Å²) in [5.74, 6) is -4.01. The quantitative estimate of drug-likeness (QED) is 0.835. The highest BCUT2D eigenvalue weighted by atomic mass is 35.5. The van der Waals surface area contributed by atoms with Crippen LogP contribution in [0, 0.1) is 12.7 Å². The molecule has 0 aliphatic carbocycles. The smallest absolute Gasteiger partial charge is 0.417 e. The van der Waals surface area contributed by atoms with E-state index in [1.807, 2.05) is 0 Å². The van der Waals surface area contributed by atoms with Gasteiger partial charge in [0.05, 0.1) is 16.1 Å². The molecule has 0 spiro atoms. The molecule has 2 rings (SSSR count). The van der Waals surface area contributed by atoms with Gasteiger partial charge in [-0.2, -0.15) is 13.2 Å². The Morgan fingerprint density at radius 3 is 2.50 bits per heavy atom. The van der Waals surface area contributed by atoms with Gasteiger partial charge in [0.25, 0.3) is 5.91 Å². The summed E-state index contributed by atoms with van der Waals surface area (Å²) in [5, 5.41) is 3.32. The van der Waals surface area contributed by atoms with Gasteiger partial charge in [0.2, 0.25) is 5.88 Å². The number of amides is 1. The summed E-state index contributed by atoms with van der Waals surface area (Å²) in [5.41, 5.74) is 2.65. The Hall–Kier alpha value is -2.29. The summed E-state index contributed by atoms with van der Waals surface area (Å²) in [6.07, 6.45) is -5.01. The van der Waals surface area contributed by atoms with Gasteiger partial charge in [0, 0.05) is 18.3 Å². The third-order valence-electron chi connectivity index (χ3n) is 3.19. The maximum atomic E-state index is 14.4. The van der Waals surface area contributed by atoms with Crippen molar-refractivity contribution in [2.75, 3.05) is 0 Å². The SMILES string of the molecule is CCn1nc(Oc2c(Cl)cc(C(F)(F)F)c(C(N)=O)c2F)cc1C. The lowest BCUT2D eigenvalue weighted by Gasteiger charge is -2.15. The van der Waals surface area contributed by atoms with E-state index in [0.717, 1.165) is 0 Å². The van der Waals surface area contributed by atoms with E-state index in [2.05, 4.69) is 5.10 Å². The Morgan fingerprint density at radius 2 is 2.04 bits per heavy atom. The number of aryl methyl sites for hydroxylation is 2. The molecule has 0 aliphatic heterocycles. The molecular formula is C14H12ClF4N3O2. The number of hydrogen-bond donors (Lipinski definition) is 1. The number of halogens is 5. The molecule has 24 heavy (non-hydrogen) atoms. The molecule has 0 fully saturated rings. The highest BCUT2D eigenvalue weighted by Crippen LogP contribution is 2.41. The fraction of sp³-hybridized carbons (Fsp3) is 0.286. The van der Waals surface area contributed by atoms with Gasteiger partial charge in [0.1, 0.15) is 0 Å². The van der Waals surface area contributed by atoms with E-state index in [9.17, 15) is 22.4 Å². The van der Waals surface area contributed by atoms with Gasteiger partial charge in [-0.15, -0.1) is 5.10 Å². The maximum absolute atomic E-state index is 14.4. The monoisotopic (exact) mass is 365 g/mol. The first-order valence-electron chi connectivity index (χ1n) is 6.67. The van der Waals surface area contributed by atoms with E-state index in [1.54, 1.807) is 13.8 Å². The standard InChI is InChI=1S/C14H12ClF4N3O2/c1-3-22-6(2)4-9(21-22)24-12-8(15)5-7(14(17,18)19)10(11(12)16)13(20)23/h4-5H,3H2,1-2H3,(H2,20,23). The van der Waals surface area contributed by atoms with Crippen molar-refractivity contribution in [3.63, 3.8) is 0 Å². The number of carbonyl (C=O) groups excluding carboxylic acids is 1. The van der Waals surface area contributed by atoms with Crippen LogP contribution in [0.25, 0.3) is 0 Å². The van der Waals surface area contributed by atoms with Crippen LogP contribution in [0.1, 0.15) is 28.5 Å². The molecule has 0 atom stereocenters. The van der Waals surface area contributed by atoms with Gasteiger partial charge in [-0.1, -0.05) is 11.6 Å². The van der Waals surface area contributed by atoms with Crippen molar-refractivity contribution >= 4 is 17.5 Å². The number of carbonyl (C=O) groups is 1. The van der Waals surface area contributed by atoms with Crippen LogP contribution in [0.2, 0.25) is 5.02 Å². The molecule has 1 heterocycles. The van der Waals surface area contributed by atoms with Crippen molar-refractivity contribution in [1.29, 1.82) is 0 Å². The summed E-state index contributed by atoms with van der Waals surface area (Å²) < 4.78 is 59.9. The molecule has 0 saturated heterocycles. The first-order chi connectivity index (χ1) is 11.1. The lowest BCUT2D eigenvalue weighted by Crippen LogP contribution is -2.21. The zero-order chi connectivity index (χ0) is 18.2. The number of aromatic nitrogens is 2. The van der Waals surface area contributed by atoms with E-state index < -0.39 is 39.8 Å². The van der Waals surface area contributed by atoms with Crippen molar-refractivity contribution in [3.8, 4) is 11.6 Å². The van der Waals surface area contributed by atoms with E-state index >= 15 is 0 Å². The van der Waals surface area contributed by atoms with Crippen molar-refractivity contribution in [2.24, 2.45) is 5.73 Å². The largest absolute Gasteiger partial charge is 0.433 e. The Bertz CT molecular complexity index is 802. The fourth-order valence-electron chi connectivity index (χ4n) is 2.11. The van der Waals surface area contributed by atoms with Crippen molar-refractivity contribution in [3.05, 3.63) is 39.8 Å². The molecule has 10 heteroatoms. The predicted molar refractivity (Wildman–Crippen MR) is 77.6 cm³/mol. The predicted octanol–water partition coefficient (Wildman–Crippen LogP) is 3.91. The van der Waals surface area contributed by atoms with Crippen molar-refractivity contribution in [1.82, 2.24) is 9.78 Å². The third kappa shape index (κ3) is 3.30. The molecule has 0 radical (unpaired) electrons. The second-order valence-electron chi connectivity index (χ2n) is 4.83. The highest BCUT2D eigenvalue weighted by Gasteiger charge is 2.39. The van der Waals surface area contributed by atoms with E-state index in [4.69, 9.17) is 22.1 Å². The van der Waals surface area contributed by atoms with Gasteiger partial charge in [-0.3, -0.25) is 9.48 Å². The van der Waals surface area contributed by atoms with Gasteiger partial charge in [-0.25, -0.2) is 4.39 Å². The summed E-state index contributed by atoms with van der Waals surface area (Å²) in [7, 11) is 0. The number of nitrogens with zero attached hydrogens (tertiary/aromatic N) is 2. The lowest BCUT2D eigenvalue weighted by atomic mass is 10.0. The first kappa shape index (κ1) is 18.1. The minimum Gasteiger partial charge on any atom is -0.433 e. The van der Waals surface area contributed by atoms with Crippen LogP contribution in [0.5, 0.6) is 11.6 Å². The first-order valence-corrected chi connectivity index (χ1v) is 7.05. The molecule has 130 valence electrons. The zero-order valence-corrected chi connectivity index (χ0v) is 13.3. The van der Waals surface area contributed by atoms with E-state index in [-0.39, 0.29) is 5.88 Å². The van der Waals surface area contributed by atoms with Crippen LogP contribution in [-0.4, -0.2) is 15.7 Å². The number of hydrogen-bond acceptors (Lipinski definition) is 3. The minimum atomic E-state index is -5.01. The molecule has 1 aromatic heterocycles. The third-order valence-corrected chi connectivity index (χ3v) is 3.47. The fourth-order valence-corrected chi connectivity index (χ4v) is 2.34. The second-order valence-corrected chi connectivity index (χ2v) is 5.24. The Labute approximate surface area is 139 Å². The average Bonchev–Trinajstić information content (AvgIpc) is 2.81. The molecule has 0 aliphatic rings. The Kier molecular flexibility index (Phi) is 4.75. The molecule has 0 bridgehead atoms. The Morgan fingerprint density at radius 1 is 1.42 bits per heavy atom. The van der Waals surface area contributed by atoms with Gasteiger partial charge >= 0.3 is 6.18 Å². The number of ether oxygens (including phenoxy) is 1. The number of rotatable bonds is 4. The lowest BCUT2D eigenvalue weighted by molar-refractivity contribution is -0.138. The molecule has 2 N–H and O–H groups in total. The summed E-state index contributed by atoms with van der Waals surface area (Å²) in [6, 6.07) is 1.84. The summed E-state index contributed by atoms with van der Waals surface area (Å²) in [6.45, 7) is 4.02. The maximum Gasteiger partial charge on any atom is 0.417 e. The van der Waals surface area contributed by atoms with Gasteiger partial charge in [-0.05, 0) is 19.9 Å². The Balaban J connectivity index is 2.58. The molecule has 1 amide bonds. The number of nitrogens with two attached hydrogens (primary N) is 1. The molecular weight excluding hydrogens is 354 g/mol. The van der Waals surface area contributed by atoms with Crippen LogP contribution in [-0.2, 0) is 12.7 Å². The minimum absolute atomic E-state index is 0.0784. The molecule has 2 aromatic rings. The molecule has 1 aromatic carbocycles. The number of primary amides is 1. The normalized spacial score (nSPS) is 11.6. The van der Waals surface area contributed by atoms with Crippen LogP contribution in [0.4, 0.5) is 17.6 Å². The van der Waals surface area contributed by atoms with Crippen molar-refractivity contribution < 1.29 is 27.1 Å². The molecule has 5 nitrogen and oxygen atoms in total. The van der Waals surface area contributed by atoms with Crippen LogP contribution in [0.15, 0.2) is 12.1 Å². The molecule has 0 unspecified atom stereocenters. The zero-order valence-electron chi connectivity index (χ0n) is 12.5. The number of alkyl halides is 3. The van der Waals surface area contributed by atoms with E-state index in [1.165, 1.54) is 10.7 Å². The van der Waals surface area contributed by atoms with Gasteiger partial charge < -0.3 is 10.5 Å². The van der Waals surface area contributed by atoms with Crippen LogP contribution < -0.4 is 10.5 Å². The number of benzene rings is 1. The summed E-state index contributed by atoms with van der Waals surface area (Å²) in [4.78, 5) is 11.3. The van der Waals surface area contributed by atoms with Gasteiger partial charge in [0.15, 0.2) is 11.6 Å². The van der Waals surface area contributed by atoms with Crippen molar-refractivity contribution in [2.45, 2.75) is 26.6 Å². The topological polar surface area (TPSA) is 70.1 Å². The summed E-state index contributed by atoms with van der Waals surface area (Å²) >= 11 is 5.70. The van der Waals surface area contributed by atoms with Crippen LogP contribution >= 0.6 is 11.6 Å². The highest BCUT2D eigenvalue weighted by molar-refractivity contribution is 6.32. The molecule has 0 saturated carbocycles. The van der Waals surface area contributed by atoms with Crippen LogP contribution in [0.3, 0.4) is 0 Å². The average molecular weight is 366 g/mol. The second kappa shape index (κ2) is 6.31. The van der Waals surface area contributed by atoms with E-state index in [0.29, 0.717) is 18.3 Å².